The van der Waals surface area contributed by atoms with E-state index in [2.05, 4.69) is 55.5 Å². The molecule has 1 aromatic carbocycles. The molecule has 1 atom stereocenters. The van der Waals surface area contributed by atoms with Gasteiger partial charge in [0.2, 0.25) is 0 Å². The van der Waals surface area contributed by atoms with Crippen molar-refractivity contribution >= 4 is 11.6 Å². The Labute approximate surface area is 132 Å². The van der Waals surface area contributed by atoms with E-state index in [4.69, 9.17) is 11.6 Å². The molecule has 21 heavy (non-hydrogen) atoms. The summed E-state index contributed by atoms with van der Waals surface area (Å²) in [6, 6.07) is 8.94. The van der Waals surface area contributed by atoms with Gasteiger partial charge >= 0.3 is 0 Å². The van der Waals surface area contributed by atoms with Gasteiger partial charge in [0.15, 0.2) is 0 Å². The maximum atomic E-state index is 6.48. The van der Waals surface area contributed by atoms with Gasteiger partial charge in [0.1, 0.15) is 0 Å². The summed E-state index contributed by atoms with van der Waals surface area (Å²) in [6.45, 7) is 7.25. The summed E-state index contributed by atoms with van der Waals surface area (Å²) >= 11 is 6.48. The monoisotopic (exact) mass is 305 g/mol. The fraction of sp³-hybridized carbons (Fsp3) is 0.471. The highest BCUT2D eigenvalue weighted by Gasteiger charge is 2.18. The standard InChI is InChI=1S/C17H24ClN3/c1-5-14-17(18)16(21(4)20-14)11-15(19-6-2)13-9-7-12(3)8-10-13/h7-10,15,19H,5-6,11H2,1-4H3. The molecule has 2 aromatic rings. The molecule has 4 heteroatoms. The van der Waals surface area contributed by atoms with E-state index in [0.29, 0.717) is 0 Å². The molecule has 0 amide bonds. The van der Waals surface area contributed by atoms with Crippen molar-refractivity contribution in [2.75, 3.05) is 6.54 Å². The molecule has 0 aliphatic heterocycles. The largest absolute Gasteiger partial charge is 0.310 e. The number of nitrogens with one attached hydrogen (secondary N) is 1. The Bertz CT molecular complexity index is 587. The van der Waals surface area contributed by atoms with Crippen LogP contribution in [-0.2, 0) is 19.9 Å². The van der Waals surface area contributed by atoms with Crippen LogP contribution in [0.2, 0.25) is 5.02 Å². The Kier molecular flexibility index (Phi) is 5.43. The Balaban J connectivity index is 2.28. The third-order valence-corrected chi connectivity index (χ3v) is 4.27. The summed E-state index contributed by atoms with van der Waals surface area (Å²) < 4.78 is 1.92. The Hall–Kier alpha value is -1.32. The van der Waals surface area contributed by atoms with Crippen LogP contribution in [0.3, 0.4) is 0 Å². The first-order chi connectivity index (χ1) is 10.1. The van der Waals surface area contributed by atoms with Crippen molar-refractivity contribution in [3.63, 3.8) is 0 Å². The van der Waals surface area contributed by atoms with Crippen LogP contribution >= 0.6 is 11.6 Å². The molecule has 2 rings (SSSR count). The third kappa shape index (κ3) is 3.66. The fourth-order valence-corrected chi connectivity index (χ4v) is 2.96. The predicted molar refractivity (Wildman–Crippen MR) is 88.9 cm³/mol. The topological polar surface area (TPSA) is 29.9 Å². The summed E-state index contributed by atoms with van der Waals surface area (Å²) in [5, 5.41) is 8.87. The van der Waals surface area contributed by atoms with Gasteiger partial charge in [-0.05, 0) is 25.5 Å². The number of hydrogen-bond donors (Lipinski definition) is 1. The van der Waals surface area contributed by atoms with Gasteiger partial charge in [0.25, 0.3) is 0 Å². The van der Waals surface area contributed by atoms with E-state index in [1.165, 1.54) is 11.1 Å². The maximum absolute atomic E-state index is 6.48. The van der Waals surface area contributed by atoms with E-state index in [9.17, 15) is 0 Å². The zero-order valence-electron chi connectivity index (χ0n) is 13.3. The number of benzene rings is 1. The lowest BCUT2D eigenvalue weighted by atomic mass is 10.0. The lowest BCUT2D eigenvalue weighted by Crippen LogP contribution is -2.24. The van der Waals surface area contributed by atoms with Gasteiger partial charge < -0.3 is 5.32 Å². The minimum atomic E-state index is 0.258. The minimum absolute atomic E-state index is 0.258. The van der Waals surface area contributed by atoms with Gasteiger partial charge in [0, 0.05) is 19.5 Å². The minimum Gasteiger partial charge on any atom is -0.310 e. The molecule has 1 N–H and O–H groups in total. The van der Waals surface area contributed by atoms with E-state index in [1.807, 2.05) is 11.7 Å². The molecule has 1 unspecified atom stereocenters. The zero-order valence-corrected chi connectivity index (χ0v) is 14.0. The maximum Gasteiger partial charge on any atom is 0.0850 e. The van der Waals surface area contributed by atoms with Crippen molar-refractivity contribution in [3.8, 4) is 0 Å². The molecule has 3 nitrogen and oxygen atoms in total. The second-order valence-electron chi connectivity index (χ2n) is 5.41. The van der Waals surface area contributed by atoms with Gasteiger partial charge in [-0.1, -0.05) is 55.3 Å². The second kappa shape index (κ2) is 7.10. The molecule has 0 aliphatic rings. The van der Waals surface area contributed by atoms with E-state index in [0.717, 1.165) is 35.8 Å². The van der Waals surface area contributed by atoms with Crippen molar-refractivity contribution in [2.45, 2.75) is 39.7 Å². The number of aromatic nitrogens is 2. The van der Waals surface area contributed by atoms with E-state index in [1.54, 1.807) is 0 Å². The van der Waals surface area contributed by atoms with Crippen LogP contribution in [0.5, 0.6) is 0 Å². The molecule has 0 aliphatic carbocycles. The molecule has 1 heterocycles. The zero-order chi connectivity index (χ0) is 15.4. The lowest BCUT2D eigenvalue weighted by Gasteiger charge is -2.19. The average Bonchev–Trinajstić information content (AvgIpc) is 2.75. The molecule has 114 valence electrons. The van der Waals surface area contributed by atoms with E-state index < -0.39 is 0 Å². The van der Waals surface area contributed by atoms with Crippen molar-refractivity contribution in [1.82, 2.24) is 15.1 Å². The summed E-state index contributed by atoms with van der Waals surface area (Å²) in [5.74, 6) is 0. The van der Waals surface area contributed by atoms with Crippen LogP contribution in [0.4, 0.5) is 0 Å². The number of hydrogen-bond acceptors (Lipinski definition) is 2. The van der Waals surface area contributed by atoms with Crippen molar-refractivity contribution in [3.05, 3.63) is 51.8 Å². The molecule has 0 saturated heterocycles. The quantitative estimate of drug-likeness (QED) is 0.879. The number of rotatable bonds is 6. The number of nitrogens with zero attached hydrogens (tertiary/aromatic N) is 2. The Morgan fingerprint density at radius 2 is 1.90 bits per heavy atom. The number of halogens is 1. The van der Waals surface area contributed by atoms with Crippen molar-refractivity contribution in [1.29, 1.82) is 0 Å². The molecule has 0 bridgehead atoms. The summed E-state index contributed by atoms with van der Waals surface area (Å²) in [4.78, 5) is 0. The van der Waals surface area contributed by atoms with Crippen LogP contribution in [0.15, 0.2) is 24.3 Å². The van der Waals surface area contributed by atoms with Crippen LogP contribution in [0.25, 0.3) is 0 Å². The van der Waals surface area contributed by atoms with E-state index >= 15 is 0 Å². The Morgan fingerprint density at radius 3 is 2.43 bits per heavy atom. The van der Waals surface area contributed by atoms with Crippen LogP contribution < -0.4 is 5.32 Å². The molecule has 0 saturated carbocycles. The SMILES string of the molecule is CCNC(Cc1c(Cl)c(CC)nn1C)c1ccc(C)cc1. The van der Waals surface area contributed by atoms with Gasteiger partial charge in [-0.25, -0.2) is 0 Å². The van der Waals surface area contributed by atoms with Crippen LogP contribution in [0.1, 0.15) is 42.4 Å². The highest BCUT2D eigenvalue weighted by Crippen LogP contribution is 2.26. The first-order valence-electron chi connectivity index (χ1n) is 7.57. The van der Waals surface area contributed by atoms with Gasteiger partial charge in [0.05, 0.1) is 16.4 Å². The smallest absolute Gasteiger partial charge is 0.0850 e. The number of aryl methyl sites for hydroxylation is 3. The first kappa shape index (κ1) is 16.1. The molecule has 0 spiro atoms. The third-order valence-electron chi connectivity index (χ3n) is 3.83. The second-order valence-corrected chi connectivity index (χ2v) is 5.79. The van der Waals surface area contributed by atoms with E-state index in [-0.39, 0.29) is 6.04 Å². The van der Waals surface area contributed by atoms with Gasteiger partial charge in [-0.3, -0.25) is 4.68 Å². The van der Waals surface area contributed by atoms with Crippen molar-refractivity contribution in [2.24, 2.45) is 7.05 Å². The van der Waals surface area contributed by atoms with Crippen LogP contribution in [-0.4, -0.2) is 16.3 Å². The predicted octanol–water partition coefficient (Wildman–Crippen LogP) is 3.84. The molecule has 1 aromatic heterocycles. The molecular formula is C17H24ClN3. The highest BCUT2D eigenvalue weighted by atomic mass is 35.5. The highest BCUT2D eigenvalue weighted by molar-refractivity contribution is 6.31. The molecular weight excluding hydrogens is 282 g/mol. The fourth-order valence-electron chi connectivity index (χ4n) is 2.59. The first-order valence-corrected chi connectivity index (χ1v) is 7.94. The van der Waals surface area contributed by atoms with Gasteiger partial charge in [-0.2, -0.15) is 5.10 Å². The molecule has 0 radical (unpaired) electrons. The normalized spacial score (nSPS) is 12.6. The van der Waals surface area contributed by atoms with Gasteiger partial charge in [-0.15, -0.1) is 0 Å². The number of likely N-dealkylation sites (N-methyl/N-ethyl adjacent to an activating group) is 1. The molecule has 0 fully saturated rings. The lowest BCUT2D eigenvalue weighted by molar-refractivity contribution is 0.528. The van der Waals surface area contributed by atoms with Crippen molar-refractivity contribution < 1.29 is 0 Å². The summed E-state index contributed by atoms with van der Waals surface area (Å²) in [7, 11) is 1.97. The average molecular weight is 306 g/mol. The summed E-state index contributed by atoms with van der Waals surface area (Å²) in [6.07, 6.45) is 1.71. The summed E-state index contributed by atoms with van der Waals surface area (Å²) in [5.41, 5.74) is 4.65. The van der Waals surface area contributed by atoms with Crippen LogP contribution in [0, 0.1) is 6.92 Å². The Morgan fingerprint density at radius 1 is 1.24 bits per heavy atom.